The monoisotopic (exact) mass is 392 g/mol. The van der Waals surface area contributed by atoms with Crippen LogP contribution < -0.4 is 5.32 Å². The molecule has 1 aliphatic heterocycles. The van der Waals surface area contributed by atoms with E-state index in [1.165, 1.54) is 11.3 Å². The molecule has 0 bridgehead atoms. The molecule has 1 aromatic rings. The van der Waals surface area contributed by atoms with Gasteiger partial charge in [-0.1, -0.05) is 6.08 Å². The summed E-state index contributed by atoms with van der Waals surface area (Å²) >= 11 is 0. The Labute approximate surface area is 164 Å². The number of aromatic nitrogens is 1. The number of hydrogen-bond donors (Lipinski definition) is 1. The van der Waals surface area contributed by atoms with E-state index in [1.54, 1.807) is 33.0 Å². The van der Waals surface area contributed by atoms with Crippen LogP contribution in [0.5, 0.6) is 0 Å². The molecule has 1 unspecified atom stereocenters. The van der Waals surface area contributed by atoms with Gasteiger partial charge in [0.1, 0.15) is 11.9 Å². The lowest BCUT2D eigenvalue weighted by Gasteiger charge is -2.38. The molecule has 0 saturated heterocycles. The van der Waals surface area contributed by atoms with Crippen LogP contribution in [0, 0.1) is 0 Å². The summed E-state index contributed by atoms with van der Waals surface area (Å²) in [7, 11) is 1.89. The highest BCUT2D eigenvalue weighted by Crippen LogP contribution is 2.27. The van der Waals surface area contributed by atoms with Crippen molar-refractivity contribution in [1.29, 1.82) is 0 Å². The number of ether oxygens (including phenoxy) is 1. The minimum atomic E-state index is -0.582. The molecule has 2 atom stereocenters. The second kappa shape index (κ2) is 9.52. The first-order valence-electron chi connectivity index (χ1n) is 9.01. The minimum absolute atomic E-state index is 0.213. The van der Waals surface area contributed by atoms with Crippen molar-refractivity contribution >= 4 is 18.1 Å². The maximum atomic E-state index is 12.0. The fraction of sp³-hybridized carbons (Fsp3) is 0.526. The van der Waals surface area contributed by atoms with Crippen LogP contribution in [0.15, 0.2) is 35.6 Å². The molecular formula is C19H28N4O5. The molecule has 154 valence electrons. The molecule has 2 amide bonds. The van der Waals surface area contributed by atoms with Crippen molar-refractivity contribution in [1.82, 2.24) is 20.3 Å². The van der Waals surface area contributed by atoms with Crippen LogP contribution in [-0.2, 0) is 14.4 Å². The van der Waals surface area contributed by atoms with Crippen LogP contribution in [0.2, 0.25) is 0 Å². The molecule has 9 nitrogen and oxygen atoms in total. The van der Waals surface area contributed by atoms with Crippen molar-refractivity contribution in [3.63, 3.8) is 0 Å². The summed E-state index contributed by atoms with van der Waals surface area (Å²) in [5.74, 6) is 0.419. The van der Waals surface area contributed by atoms with Crippen molar-refractivity contribution in [2.45, 2.75) is 38.5 Å². The maximum absolute atomic E-state index is 12.0. The van der Waals surface area contributed by atoms with E-state index in [0.29, 0.717) is 25.4 Å². The maximum Gasteiger partial charge on any atom is 0.407 e. The van der Waals surface area contributed by atoms with Crippen LogP contribution in [0.3, 0.4) is 0 Å². The smallest absolute Gasteiger partial charge is 0.407 e. The number of oxazole rings is 1. The number of hydroxylamine groups is 2. The highest BCUT2D eigenvalue weighted by atomic mass is 16.7. The fourth-order valence-electron chi connectivity index (χ4n) is 2.87. The van der Waals surface area contributed by atoms with E-state index in [1.807, 2.05) is 18.0 Å². The molecule has 0 radical (unpaired) electrons. The van der Waals surface area contributed by atoms with E-state index in [0.717, 1.165) is 5.57 Å². The van der Waals surface area contributed by atoms with Gasteiger partial charge in [0.2, 0.25) is 12.3 Å². The van der Waals surface area contributed by atoms with E-state index < -0.39 is 11.7 Å². The van der Waals surface area contributed by atoms with Gasteiger partial charge in [-0.05, 0) is 33.9 Å². The largest absolute Gasteiger partial charge is 0.445 e. The van der Waals surface area contributed by atoms with E-state index in [2.05, 4.69) is 16.9 Å². The van der Waals surface area contributed by atoms with Gasteiger partial charge in [0, 0.05) is 18.7 Å². The molecule has 28 heavy (non-hydrogen) atoms. The van der Waals surface area contributed by atoms with Crippen LogP contribution >= 0.6 is 0 Å². The number of likely N-dealkylation sites (N-methyl/N-ethyl adjacent to an activating group) is 1. The van der Waals surface area contributed by atoms with Crippen LogP contribution in [0.25, 0.3) is 5.57 Å². The quantitative estimate of drug-likeness (QED) is 0.410. The first-order valence-corrected chi connectivity index (χ1v) is 9.01. The zero-order valence-corrected chi connectivity index (χ0v) is 16.8. The Morgan fingerprint density at radius 1 is 1.54 bits per heavy atom. The normalized spacial score (nSPS) is 20.2. The molecule has 0 aromatic carbocycles. The highest BCUT2D eigenvalue weighted by molar-refractivity contribution is 5.70. The predicted molar refractivity (Wildman–Crippen MR) is 103 cm³/mol. The Morgan fingerprint density at radius 3 is 2.86 bits per heavy atom. The van der Waals surface area contributed by atoms with Gasteiger partial charge in [-0.25, -0.2) is 14.8 Å². The van der Waals surface area contributed by atoms with Crippen LogP contribution in [-0.4, -0.2) is 71.9 Å². The van der Waals surface area contributed by atoms with Gasteiger partial charge in [-0.3, -0.25) is 14.5 Å². The first kappa shape index (κ1) is 21.6. The van der Waals surface area contributed by atoms with E-state index in [4.69, 9.17) is 14.0 Å². The lowest BCUT2D eigenvalue weighted by Crippen LogP contribution is -2.52. The Bertz CT molecular complexity index is 696. The molecule has 1 aliphatic rings. The van der Waals surface area contributed by atoms with Crippen LogP contribution in [0.1, 0.15) is 26.7 Å². The summed E-state index contributed by atoms with van der Waals surface area (Å²) in [6.07, 6.45) is 6.58. The van der Waals surface area contributed by atoms with Gasteiger partial charge < -0.3 is 14.5 Å². The number of alkyl carbamates (subject to hydrolysis) is 1. The lowest BCUT2D eigenvalue weighted by molar-refractivity contribution is -0.178. The number of carbonyl (C=O) groups is 2. The lowest BCUT2D eigenvalue weighted by atomic mass is 9.97. The zero-order valence-electron chi connectivity index (χ0n) is 16.8. The molecule has 2 heterocycles. The van der Waals surface area contributed by atoms with Crippen LogP contribution in [0.4, 0.5) is 4.79 Å². The number of rotatable bonds is 8. The standard InChI is InChI=1S/C19H28N4O5/c1-6-8-27-23(13-24)14-10-15(17-20-7-9-26-17)16(22(5)12-14)11-21-18(25)28-19(2,3)4/h6-7,9-10,13-14,16H,1,8,11-12H2,2-5H3,(H,21,25)/t14?,16-/m1/s1. The molecule has 0 saturated carbocycles. The van der Waals surface area contributed by atoms with Gasteiger partial charge in [-0.2, -0.15) is 0 Å². The Balaban J connectivity index is 2.20. The van der Waals surface area contributed by atoms with E-state index >= 15 is 0 Å². The molecule has 9 heteroatoms. The summed E-state index contributed by atoms with van der Waals surface area (Å²) in [5.41, 5.74) is 0.163. The van der Waals surface area contributed by atoms with Gasteiger partial charge in [0.05, 0.1) is 24.9 Å². The Morgan fingerprint density at radius 2 is 2.29 bits per heavy atom. The molecule has 2 rings (SSSR count). The summed E-state index contributed by atoms with van der Waals surface area (Å²) in [4.78, 5) is 35.1. The SMILES string of the molecule is C=CCON(C=O)C1C=C(c2ncco2)[C@@H](CNC(=O)OC(C)(C)C)N(C)C1. The summed E-state index contributed by atoms with van der Waals surface area (Å²) < 4.78 is 10.8. The molecule has 1 N–H and O–H groups in total. The number of nitrogens with one attached hydrogen (secondary N) is 1. The second-order valence-electron chi connectivity index (χ2n) is 7.41. The summed E-state index contributed by atoms with van der Waals surface area (Å²) in [5, 5.41) is 4.02. The third-order valence-corrected chi connectivity index (χ3v) is 4.03. The first-order chi connectivity index (χ1) is 13.2. The second-order valence-corrected chi connectivity index (χ2v) is 7.41. The van der Waals surface area contributed by atoms with Crippen molar-refractivity contribution in [2.75, 3.05) is 26.7 Å². The Kier molecular flexibility index (Phi) is 7.36. The van der Waals surface area contributed by atoms with Gasteiger partial charge in [0.15, 0.2) is 0 Å². The van der Waals surface area contributed by atoms with Crippen molar-refractivity contribution < 1.29 is 23.6 Å². The molecule has 0 spiro atoms. The van der Waals surface area contributed by atoms with Crippen molar-refractivity contribution in [2.24, 2.45) is 0 Å². The molecular weight excluding hydrogens is 364 g/mol. The third-order valence-electron chi connectivity index (χ3n) is 4.03. The van der Waals surface area contributed by atoms with Gasteiger partial charge in [0.25, 0.3) is 0 Å². The average Bonchev–Trinajstić information content (AvgIpc) is 3.14. The average molecular weight is 392 g/mol. The Hall–Kier alpha value is -2.65. The zero-order chi connectivity index (χ0) is 20.7. The number of carbonyl (C=O) groups excluding carboxylic acids is 2. The fourth-order valence-corrected chi connectivity index (χ4v) is 2.87. The third kappa shape index (κ3) is 5.93. The predicted octanol–water partition coefficient (Wildman–Crippen LogP) is 1.84. The topological polar surface area (TPSA) is 97.1 Å². The minimum Gasteiger partial charge on any atom is -0.445 e. The molecule has 1 aromatic heterocycles. The molecule has 0 fully saturated rings. The van der Waals surface area contributed by atoms with Gasteiger partial charge >= 0.3 is 6.09 Å². The van der Waals surface area contributed by atoms with E-state index in [-0.39, 0.29) is 18.7 Å². The number of hydrogen-bond acceptors (Lipinski definition) is 7. The highest BCUT2D eigenvalue weighted by Gasteiger charge is 2.33. The summed E-state index contributed by atoms with van der Waals surface area (Å²) in [6, 6.07) is -0.558. The number of amides is 2. The summed E-state index contributed by atoms with van der Waals surface area (Å²) in [6.45, 7) is 10.0. The van der Waals surface area contributed by atoms with E-state index in [9.17, 15) is 9.59 Å². The molecule has 0 aliphatic carbocycles. The van der Waals surface area contributed by atoms with Gasteiger partial charge in [-0.15, -0.1) is 6.58 Å². The van der Waals surface area contributed by atoms with Crippen molar-refractivity contribution in [3.05, 3.63) is 37.1 Å². The van der Waals surface area contributed by atoms with Crippen molar-refractivity contribution in [3.8, 4) is 0 Å². The number of nitrogens with zero attached hydrogens (tertiary/aromatic N) is 3.